The first-order valence-electron chi connectivity index (χ1n) is 11.6. The third kappa shape index (κ3) is 6.81. The van der Waals surface area contributed by atoms with Gasteiger partial charge in [-0.15, -0.1) is 0 Å². The Balaban J connectivity index is 1.70. The van der Waals surface area contributed by atoms with Gasteiger partial charge < -0.3 is 15.0 Å². The Morgan fingerprint density at radius 3 is 2.44 bits per heavy atom. The number of ether oxygens (including phenoxy) is 1. The van der Waals surface area contributed by atoms with E-state index in [-0.39, 0.29) is 30.2 Å². The number of hydrogen-bond acceptors (Lipinski definition) is 3. The molecule has 2 aromatic rings. The van der Waals surface area contributed by atoms with Crippen LogP contribution in [0.3, 0.4) is 0 Å². The van der Waals surface area contributed by atoms with Gasteiger partial charge in [-0.25, -0.2) is 4.39 Å². The Labute approximate surface area is 190 Å². The van der Waals surface area contributed by atoms with Crippen molar-refractivity contribution in [2.45, 2.75) is 64.0 Å². The molecule has 1 unspecified atom stereocenters. The SMILES string of the molecule is CCC(C(=O)NC1CCCCC1)N(CCc1ccccc1)C(=O)COc1ccccc1F. The van der Waals surface area contributed by atoms with Crippen LogP contribution in [-0.2, 0) is 16.0 Å². The lowest BCUT2D eigenvalue weighted by Gasteiger charge is -2.32. The van der Waals surface area contributed by atoms with E-state index in [1.165, 1.54) is 18.6 Å². The average Bonchev–Trinajstić information content (AvgIpc) is 2.82. The molecule has 0 heterocycles. The van der Waals surface area contributed by atoms with Gasteiger partial charge in [0.2, 0.25) is 5.91 Å². The molecule has 0 saturated heterocycles. The van der Waals surface area contributed by atoms with Crippen molar-refractivity contribution in [3.8, 4) is 5.75 Å². The lowest BCUT2D eigenvalue weighted by atomic mass is 9.95. The zero-order valence-corrected chi connectivity index (χ0v) is 18.8. The maximum Gasteiger partial charge on any atom is 0.261 e. The summed E-state index contributed by atoms with van der Waals surface area (Å²) >= 11 is 0. The molecule has 0 spiro atoms. The lowest BCUT2D eigenvalue weighted by molar-refractivity contribution is -0.142. The quantitative estimate of drug-likeness (QED) is 0.592. The molecule has 1 N–H and O–H groups in total. The molecule has 1 aliphatic rings. The molecule has 2 aromatic carbocycles. The third-order valence-electron chi connectivity index (χ3n) is 6.01. The molecule has 172 valence electrons. The van der Waals surface area contributed by atoms with Crippen LogP contribution in [0, 0.1) is 5.82 Å². The Bertz CT molecular complexity index is 868. The van der Waals surface area contributed by atoms with E-state index < -0.39 is 11.9 Å². The van der Waals surface area contributed by atoms with E-state index in [0.29, 0.717) is 19.4 Å². The smallest absolute Gasteiger partial charge is 0.261 e. The minimum absolute atomic E-state index is 0.0311. The molecule has 0 radical (unpaired) electrons. The summed E-state index contributed by atoms with van der Waals surface area (Å²) < 4.78 is 19.4. The monoisotopic (exact) mass is 440 g/mol. The van der Waals surface area contributed by atoms with Crippen LogP contribution in [0.15, 0.2) is 54.6 Å². The second-order valence-electron chi connectivity index (χ2n) is 8.31. The molecule has 5 nitrogen and oxygen atoms in total. The summed E-state index contributed by atoms with van der Waals surface area (Å²) in [6.07, 6.45) is 6.54. The zero-order valence-electron chi connectivity index (χ0n) is 18.8. The highest BCUT2D eigenvalue weighted by atomic mass is 19.1. The maximum atomic E-state index is 13.9. The van der Waals surface area contributed by atoms with Crippen molar-refractivity contribution in [2.24, 2.45) is 0 Å². The number of amides is 2. The van der Waals surface area contributed by atoms with Gasteiger partial charge in [0, 0.05) is 12.6 Å². The molecule has 3 rings (SSSR count). The van der Waals surface area contributed by atoms with Crippen molar-refractivity contribution < 1.29 is 18.7 Å². The van der Waals surface area contributed by atoms with Gasteiger partial charge in [-0.05, 0) is 43.4 Å². The summed E-state index contributed by atoms with van der Waals surface area (Å²) in [6.45, 7) is 1.98. The molecular weight excluding hydrogens is 407 g/mol. The van der Waals surface area contributed by atoms with Crippen LogP contribution in [0.1, 0.15) is 51.0 Å². The van der Waals surface area contributed by atoms with E-state index in [2.05, 4.69) is 5.32 Å². The van der Waals surface area contributed by atoms with Crippen molar-refractivity contribution in [3.63, 3.8) is 0 Å². The summed E-state index contributed by atoms with van der Waals surface area (Å²) in [7, 11) is 0. The first kappa shape index (κ1) is 23.8. The van der Waals surface area contributed by atoms with Crippen molar-refractivity contribution in [2.75, 3.05) is 13.2 Å². The molecule has 0 bridgehead atoms. The highest BCUT2D eigenvalue weighted by molar-refractivity contribution is 5.88. The van der Waals surface area contributed by atoms with Gasteiger partial charge in [-0.3, -0.25) is 9.59 Å². The molecule has 0 aliphatic heterocycles. The van der Waals surface area contributed by atoms with Gasteiger partial charge in [-0.1, -0.05) is 68.7 Å². The van der Waals surface area contributed by atoms with Crippen molar-refractivity contribution in [1.29, 1.82) is 0 Å². The number of halogens is 1. The van der Waals surface area contributed by atoms with E-state index in [4.69, 9.17) is 4.74 Å². The summed E-state index contributed by atoms with van der Waals surface area (Å²) in [5.74, 6) is -0.927. The average molecular weight is 441 g/mol. The fraction of sp³-hybridized carbons (Fsp3) is 0.462. The van der Waals surface area contributed by atoms with E-state index >= 15 is 0 Å². The van der Waals surface area contributed by atoms with Crippen LogP contribution < -0.4 is 10.1 Å². The number of carbonyl (C=O) groups excluding carboxylic acids is 2. The minimum Gasteiger partial charge on any atom is -0.481 e. The summed E-state index contributed by atoms with van der Waals surface area (Å²) in [4.78, 5) is 27.9. The number of para-hydroxylation sites is 1. The van der Waals surface area contributed by atoms with Crippen LogP contribution in [0.5, 0.6) is 5.75 Å². The summed E-state index contributed by atoms with van der Waals surface area (Å²) in [5, 5.41) is 3.15. The fourth-order valence-corrected chi connectivity index (χ4v) is 4.22. The van der Waals surface area contributed by atoms with Gasteiger partial charge in [0.05, 0.1) is 0 Å². The van der Waals surface area contributed by atoms with E-state index in [0.717, 1.165) is 31.2 Å². The number of nitrogens with zero attached hydrogens (tertiary/aromatic N) is 1. The van der Waals surface area contributed by atoms with Crippen LogP contribution in [0.2, 0.25) is 0 Å². The Kier molecular flexibility index (Phi) is 9.08. The molecule has 1 aliphatic carbocycles. The standard InChI is InChI=1S/C26H33FN2O3/c1-2-23(26(31)28-21-13-7-4-8-14-21)29(18-17-20-11-5-3-6-12-20)25(30)19-32-24-16-10-9-15-22(24)27/h3,5-6,9-12,15-16,21,23H,2,4,7-8,13-14,17-19H2,1H3,(H,28,31). The number of benzene rings is 2. The number of carbonyl (C=O) groups is 2. The molecule has 0 aromatic heterocycles. The van der Waals surface area contributed by atoms with E-state index in [1.54, 1.807) is 17.0 Å². The molecule has 1 fully saturated rings. The topological polar surface area (TPSA) is 58.6 Å². The van der Waals surface area contributed by atoms with Crippen LogP contribution >= 0.6 is 0 Å². The van der Waals surface area contributed by atoms with Crippen LogP contribution in [0.4, 0.5) is 4.39 Å². The summed E-state index contributed by atoms with van der Waals surface area (Å²) in [6, 6.07) is 15.4. The predicted molar refractivity (Wildman–Crippen MR) is 123 cm³/mol. The predicted octanol–water partition coefficient (Wildman–Crippen LogP) is 4.50. The number of nitrogens with one attached hydrogen (secondary N) is 1. The normalized spacial score (nSPS) is 15.1. The van der Waals surface area contributed by atoms with Crippen molar-refractivity contribution >= 4 is 11.8 Å². The van der Waals surface area contributed by atoms with Crippen LogP contribution in [0.25, 0.3) is 0 Å². The highest BCUT2D eigenvalue weighted by Gasteiger charge is 2.30. The molecular formula is C26H33FN2O3. The number of rotatable bonds is 10. The van der Waals surface area contributed by atoms with Crippen LogP contribution in [-0.4, -0.2) is 41.9 Å². The second-order valence-corrected chi connectivity index (χ2v) is 8.31. The molecule has 6 heteroatoms. The summed E-state index contributed by atoms with van der Waals surface area (Å²) in [5.41, 5.74) is 1.09. The largest absolute Gasteiger partial charge is 0.481 e. The third-order valence-corrected chi connectivity index (χ3v) is 6.01. The van der Waals surface area contributed by atoms with E-state index in [1.807, 2.05) is 37.3 Å². The Morgan fingerprint density at radius 2 is 1.75 bits per heavy atom. The maximum absolute atomic E-state index is 13.9. The van der Waals surface area contributed by atoms with Gasteiger partial charge in [0.1, 0.15) is 6.04 Å². The fourth-order valence-electron chi connectivity index (χ4n) is 4.22. The highest BCUT2D eigenvalue weighted by Crippen LogP contribution is 2.19. The van der Waals surface area contributed by atoms with Gasteiger partial charge in [0.15, 0.2) is 18.2 Å². The molecule has 2 amide bonds. The first-order valence-corrected chi connectivity index (χ1v) is 11.6. The molecule has 32 heavy (non-hydrogen) atoms. The molecule has 1 atom stereocenters. The Hall–Kier alpha value is -2.89. The first-order chi connectivity index (χ1) is 15.6. The zero-order chi connectivity index (χ0) is 22.8. The number of hydrogen-bond donors (Lipinski definition) is 1. The van der Waals surface area contributed by atoms with Gasteiger partial charge >= 0.3 is 0 Å². The van der Waals surface area contributed by atoms with Crippen molar-refractivity contribution in [3.05, 3.63) is 66.0 Å². The second kappa shape index (κ2) is 12.2. The van der Waals surface area contributed by atoms with Crippen molar-refractivity contribution in [1.82, 2.24) is 10.2 Å². The van der Waals surface area contributed by atoms with Gasteiger partial charge in [0.25, 0.3) is 5.91 Å². The van der Waals surface area contributed by atoms with Gasteiger partial charge in [-0.2, -0.15) is 0 Å². The Morgan fingerprint density at radius 1 is 1.06 bits per heavy atom. The lowest BCUT2D eigenvalue weighted by Crippen LogP contribution is -2.53. The minimum atomic E-state index is -0.586. The molecule has 1 saturated carbocycles. The van der Waals surface area contributed by atoms with E-state index in [9.17, 15) is 14.0 Å².